The number of anilines is 1. The molecular weight excluding hydrogens is 250 g/mol. The van der Waals surface area contributed by atoms with E-state index in [0.717, 1.165) is 25.3 Å². The van der Waals surface area contributed by atoms with E-state index in [1.54, 1.807) is 0 Å². The van der Waals surface area contributed by atoms with E-state index in [2.05, 4.69) is 22.5 Å². The van der Waals surface area contributed by atoms with Gasteiger partial charge in [-0.05, 0) is 19.1 Å². The molecule has 1 aliphatic rings. The molecule has 1 amide bonds. The van der Waals surface area contributed by atoms with E-state index in [9.17, 15) is 4.79 Å². The van der Waals surface area contributed by atoms with Crippen LogP contribution in [-0.2, 0) is 4.79 Å². The van der Waals surface area contributed by atoms with Crippen LogP contribution in [0.1, 0.15) is 6.92 Å². The molecule has 1 fully saturated rings. The summed E-state index contributed by atoms with van der Waals surface area (Å²) in [4.78, 5) is 14.1. The number of hydrogen-bond acceptors (Lipinski definition) is 3. The summed E-state index contributed by atoms with van der Waals surface area (Å²) in [5.41, 5.74) is 0.861. The Morgan fingerprint density at radius 1 is 1.44 bits per heavy atom. The largest absolute Gasteiger partial charge is 0.325 e. The first-order chi connectivity index (χ1) is 8.25. The molecule has 4 nitrogen and oxygen atoms in total. The molecule has 0 aliphatic carbocycles. The van der Waals surface area contributed by atoms with Crippen molar-refractivity contribution in [2.75, 3.05) is 31.5 Å². The normalized spacial score (nSPS) is 19.9. The van der Waals surface area contributed by atoms with Crippen LogP contribution in [0, 0.1) is 0 Å². The summed E-state index contributed by atoms with van der Waals surface area (Å²) in [6, 6.07) is 10.0. The molecule has 0 radical (unpaired) electrons. The van der Waals surface area contributed by atoms with Crippen LogP contribution in [0.15, 0.2) is 30.3 Å². The average Bonchev–Trinajstić information content (AvgIpc) is 2.33. The van der Waals surface area contributed by atoms with Gasteiger partial charge in [0.15, 0.2) is 0 Å². The zero-order chi connectivity index (χ0) is 12.1. The summed E-state index contributed by atoms with van der Waals surface area (Å²) in [5.74, 6) is 0.0601. The number of carbonyl (C=O) groups is 1. The highest BCUT2D eigenvalue weighted by atomic mass is 35.5. The molecule has 5 heteroatoms. The Kier molecular flexibility index (Phi) is 6.12. The van der Waals surface area contributed by atoms with E-state index >= 15 is 0 Å². The van der Waals surface area contributed by atoms with Gasteiger partial charge in [-0.25, -0.2) is 0 Å². The van der Waals surface area contributed by atoms with Crippen molar-refractivity contribution in [1.29, 1.82) is 0 Å². The second-order valence-corrected chi connectivity index (χ2v) is 4.44. The molecule has 0 spiro atoms. The van der Waals surface area contributed by atoms with E-state index in [1.807, 2.05) is 30.3 Å². The maximum atomic E-state index is 11.9. The molecule has 1 atom stereocenters. The molecule has 0 saturated carbocycles. The van der Waals surface area contributed by atoms with Gasteiger partial charge in [0.05, 0.1) is 6.54 Å². The number of carbonyl (C=O) groups excluding carboxylic acids is 1. The summed E-state index contributed by atoms with van der Waals surface area (Å²) in [7, 11) is 0. The van der Waals surface area contributed by atoms with Crippen molar-refractivity contribution in [2.45, 2.75) is 13.0 Å². The Bertz CT molecular complexity index is 372. The maximum Gasteiger partial charge on any atom is 0.238 e. The van der Waals surface area contributed by atoms with Gasteiger partial charge in [0, 0.05) is 31.4 Å². The van der Waals surface area contributed by atoms with Crippen LogP contribution in [0.2, 0.25) is 0 Å². The number of nitrogens with one attached hydrogen (secondary N) is 2. The number of para-hydroxylation sites is 1. The fraction of sp³-hybridized carbons (Fsp3) is 0.462. The lowest BCUT2D eigenvalue weighted by atomic mass is 10.2. The summed E-state index contributed by atoms with van der Waals surface area (Å²) in [6.45, 7) is 5.46. The molecule has 1 aliphatic heterocycles. The van der Waals surface area contributed by atoms with E-state index in [4.69, 9.17) is 0 Å². The van der Waals surface area contributed by atoms with Crippen molar-refractivity contribution in [3.63, 3.8) is 0 Å². The fourth-order valence-corrected chi connectivity index (χ4v) is 2.02. The first-order valence-corrected chi connectivity index (χ1v) is 6.05. The molecule has 18 heavy (non-hydrogen) atoms. The lowest BCUT2D eigenvalue weighted by Gasteiger charge is -2.33. The zero-order valence-corrected chi connectivity index (χ0v) is 11.4. The molecular formula is C13H20ClN3O. The van der Waals surface area contributed by atoms with Gasteiger partial charge < -0.3 is 10.6 Å². The minimum Gasteiger partial charge on any atom is -0.325 e. The van der Waals surface area contributed by atoms with Crippen LogP contribution in [0.3, 0.4) is 0 Å². The predicted molar refractivity (Wildman–Crippen MR) is 76.2 cm³/mol. The van der Waals surface area contributed by atoms with Crippen molar-refractivity contribution < 1.29 is 4.79 Å². The first kappa shape index (κ1) is 15.0. The van der Waals surface area contributed by atoms with Gasteiger partial charge in [-0.1, -0.05) is 18.2 Å². The van der Waals surface area contributed by atoms with Crippen molar-refractivity contribution in [3.05, 3.63) is 30.3 Å². The summed E-state index contributed by atoms with van der Waals surface area (Å²) >= 11 is 0. The highest BCUT2D eigenvalue weighted by Gasteiger charge is 2.19. The molecule has 2 N–H and O–H groups in total. The van der Waals surface area contributed by atoms with Gasteiger partial charge in [-0.3, -0.25) is 9.69 Å². The standard InChI is InChI=1S/C13H19N3O.ClH/c1-11-9-14-7-8-16(11)10-13(17)15-12-5-3-2-4-6-12;/h2-6,11,14H,7-10H2,1H3,(H,15,17);1H/t11-;/m1./s1. The minimum absolute atomic E-state index is 0. The number of nitrogens with zero attached hydrogens (tertiary/aromatic N) is 1. The third-order valence-corrected chi connectivity index (χ3v) is 3.04. The number of amides is 1. The summed E-state index contributed by atoms with van der Waals surface area (Å²) in [5, 5.41) is 6.22. The Morgan fingerprint density at radius 2 is 2.17 bits per heavy atom. The van der Waals surface area contributed by atoms with Gasteiger partial charge in [-0.2, -0.15) is 0 Å². The Morgan fingerprint density at radius 3 is 2.83 bits per heavy atom. The number of benzene rings is 1. The fourth-order valence-electron chi connectivity index (χ4n) is 2.02. The maximum absolute atomic E-state index is 11.9. The summed E-state index contributed by atoms with van der Waals surface area (Å²) in [6.07, 6.45) is 0. The quantitative estimate of drug-likeness (QED) is 0.871. The molecule has 1 heterocycles. The molecule has 100 valence electrons. The van der Waals surface area contributed by atoms with E-state index in [1.165, 1.54) is 0 Å². The van der Waals surface area contributed by atoms with Gasteiger partial charge in [0.25, 0.3) is 0 Å². The number of piperazine rings is 1. The lowest BCUT2D eigenvalue weighted by molar-refractivity contribution is -0.118. The van der Waals surface area contributed by atoms with Crippen molar-refractivity contribution in [2.24, 2.45) is 0 Å². The molecule has 1 aromatic rings. The second kappa shape index (κ2) is 7.36. The second-order valence-electron chi connectivity index (χ2n) is 4.44. The van der Waals surface area contributed by atoms with E-state index in [0.29, 0.717) is 12.6 Å². The number of rotatable bonds is 3. The monoisotopic (exact) mass is 269 g/mol. The van der Waals surface area contributed by atoms with E-state index < -0.39 is 0 Å². The van der Waals surface area contributed by atoms with Crippen molar-refractivity contribution in [1.82, 2.24) is 10.2 Å². The van der Waals surface area contributed by atoms with Gasteiger partial charge in [0.1, 0.15) is 0 Å². The van der Waals surface area contributed by atoms with Crippen LogP contribution < -0.4 is 10.6 Å². The summed E-state index contributed by atoms with van der Waals surface area (Å²) < 4.78 is 0. The molecule has 2 rings (SSSR count). The Balaban J connectivity index is 0.00000162. The van der Waals surface area contributed by atoms with Crippen molar-refractivity contribution >= 4 is 24.0 Å². The molecule has 1 aromatic carbocycles. The average molecular weight is 270 g/mol. The van der Waals surface area contributed by atoms with E-state index in [-0.39, 0.29) is 18.3 Å². The Hall–Kier alpha value is -1.10. The lowest BCUT2D eigenvalue weighted by Crippen LogP contribution is -2.51. The third-order valence-electron chi connectivity index (χ3n) is 3.04. The van der Waals surface area contributed by atoms with Gasteiger partial charge in [-0.15, -0.1) is 12.4 Å². The number of halogens is 1. The van der Waals surface area contributed by atoms with Crippen LogP contribution in [0.5, 0.6) is 0 Å². The highest BCUT2D eigenvalue weighted by molar-refractivity contribution is 5.92. The molecule has 0 unspecified atom stereocenters. The van der Waals surface area contributed by atoms with Gasteiger partial charge >= 0.3 is 0 Å². The Labute approximate surface area is 114 Å². The zero-order valence-electron chi connectivity index (χ0n) is 10.6. The third kappa shape index (κ3) is 4.29. The number of hydrogen-bond donors (Lipinski definition) is 2. The molecule has 0 aromatic heterocycles. The van der Waals surface area contributed by atoms with Crippen LogP contribution in [-0.4, -0.2) is 43.0 Å². The predicted octanol–water partition coefficient (Wildman–Crippen LogP) is 1.34. The topological polar surface area (TPSA) is 44.4 Å². The minimum atomic E-state index is 0. The van der Waals surface area contributed by atoms with Crippen LogP contribution in [0.4, 0.5) is 5.69 Å². The highest BCUT2D eigenvalue weighted by Crippen LogP contribution is 2.06. The first-order valence-electron chi connectivity index (χ1n) is 6.05. The SMILES string of the molecule is C[C@@H]1CNCCN1CC(=O)Nc1ccccc1.Cl. The van der Waals surface area contributed by atoms with Crippen LogP contribution in [0.25, 0.3) is 0 Å². The van der Waals surface area contributed by atoms with Gasteiger partial charge in [0.2, 0.25) is 5.91 Å². The smallest absolute Gasteiger partial charge is 0.238 e. The van der Waals surface area contributed by atoms with Crippen LogP contribution >= 0.6 is 12.4 Å². The van der Waals surface area contributed by atoms with Crippen molar-refractivity contribution in [3.8, 4) is 0 Å². The molecule has 0 bridgehead atoms. The molecule has 1 saturated heterocycles.